The number of ether oxygens (including phenoxy) is 4. The van der Waals surface area contributed by atoms with Crippen LogP contribution in [-0.2, 0) is 14.3 Å². The number of benzene rings is 1. The molecule has 0 aliphatic carbocycles. The highest BCUT2D eigenvalue weighted by atomic mass is 19.3. The van der Waals surface area contributed by atoms with E-state index in [-0.39, 0.29) is 17.1 Å². The number of carbonyl (C=O) groups is 3. The lowest BCUT2D eigenvalue weighted by atomic mass is 10.2. The molecular weight excluding hydrogens is 332 g/mol. The summed E-state index contributed by atoms with van der Waals surface area (Å²) >= 11 is 0. The van der Waals surface area contributed by atoms with Gasteiger partial charge in [-0.05, 0) is 25.1 Å². The first-order chi connectivity index (χ1) is 11.3. The largest absolute Gasteiger partial charge is 0.493 e. The number of hydrogen-bond acceptors (Lipinski definition) is 7. The molecule has 0 bridgehead atoms. The average Bonchev–Trinajstić information content (AvgIpc) is 2.54. The number of imide groups is 1. The van der Waals surface area contributed by atoms with Gasteiger partial charge in [0.25, 0.3) is 5.91 Å². The first-order valence-electron chi connectivity index (χ1n) is 6.51. The Hall–Kier alpha value is -2.91. The molecule has 0 radical (unpaired) electrons. The van der Waals surface area contributed by atoms with Crippen molar-refractivity contribution in [2.45, 2.75) is 19.6 Å². The van der Waals surface area contributed by atoms with Gasteiger partial charge in [-0.3, -0.25) is 10.1 Å². The number of alkyl carbamates (subject to hydrolysis) is 1. The molecule has 0 unspecified atom stereocenters. The zero-order chi connectivity index (χ0) is 18.3. The predicted molar refractivity (Wildman–Crippen MR) is 75.1 cm³/mol. The number of alkyl halides is 2. The molecule has 8 nitrogen and oxygen atoms in total. The average molecular weight is 347 g/mol. The molecule has 0 fully saturated rings. The highest BCUT2D eigenvalue weighted by molar-refractivity contribution is 5.97. The molecule has 0 saturated heterocycles. The summed E-state index contributed by atoms with van der Waals surface area (Å²) in [5, 5.41) is 1.83. The summed E-state index contributed by atoms with van der Waals surface area (Å²) in [6.07, 6.45) is -2.29. The SMILES string of the molecule is COC(=O)NC(=O)[C@@H](C)OC(=O)c1ccc(OC(F)F)c(OC)c1. The van der Waals surface area contributed by atoms with Gasteiger partial charge in [0.2, 0.25) is 0 Å². The Bertz CT molecular complexity index is 621. The molecule has 132 valence electrons. The molecule has 0 aromatic heterocycles. The first kappa shape index (κ1) is 19.1. The number of amides is 2. The van der Waals surface area contributed by atoms with Crippen LogP contribution in [0.3, 0.4) is 0 Å². The molecule has 1 aromatic carbocycles. The van der Waals surface area contributed by atoms with Crippen LogP contribution in [-0.4, -0.2) is 44.9 Å². The summed E-state index contributed by atoms with van der Waals surface area (Å²) in [6, 6.07) is 3.37. The number of rotatable bonds is 6. The van der Waals surface area contributed by atoms with Crippen LogP contribution in [0.15, 0.2) is 18.2 Å². The van der Waals surface area contributed by atoms with Crippen LogP contribution in [0.1, 0.15) is 17.3 Å². The van der Waals surface area contributed by atoms with Gasteiger partial charge in [0.1, 0.15) is 0 Å². The molecule has 0 aliphatic rings. The molecule has 10 heteroatoms. The van der Waals surface area contributed by atoms with Crippen molar-refractivity contribution in [3.8, 4) is 11.5 Å². The fraction of sp³-hybridized carbons (Fsp3) is 0.357. The quantitative estimate of drug-likeness (QED) is 0.782. The standard InChI is InChI=1S/C14H15F2NO7/c1-7(11(18)17-14(20)22-3)23-12(19)8-4-5-9(24-13(15)16)10(6-8)21-2/h4-7,13H,1-3H3,(H,17,18,20)/t7-/m1/s1. The molecular formula is C14H15F2NO7. The van der Waals surface area contributed by atoms with Gasteiger partial charge in [-0.15, -0.1) is 0 Å². The van der Waals surface area contributed by atoms with Crippen LogP contribution in [0.5, 0.6) is 11.5 Å². The Balaban J connectivity index is 2.80. The van der Waals surface area contributed by atoms with Crippen LogP contribution in [0.25, 0.3) is 0 Å². The lowest BCUT2D eigenvalue weighted by Gasteiger charge is -2.14. The molecule has 0 saturated carbocycles. The summed E-state index contributed by atoms with van der Waals surface area (Å²) in [5.74, 6) is -2.19. The molecule has 0 spiro atoms. The number of carbonyl (C=O) groups excluding carboxylic acids is 3. The van der Waals surface area contributed by atoms with Gasteiger partial charge in [0.15, 0.2) is 17.6 Å². The van der Waals surface area contributed by atoms with Crippen LogP contribution in [0, 0.1) is 0 Å². The molecule has 1 atom stereocenters. The van der Waals surface area contributed by atoms with Gasteiger partial charge >= 0.3 is 18.7 Å². The van der Waals surface area contributed by atoms with E-state index in [0.29, 0.717) is 0 Å². The zero-order valence-corrected chi connectivity index (χ0v) is 13.0. The van der Waals surface area contributed by atoms with Gasteiger partial charge in [-0.2, -0.15) is 8.78 Å². The molecule has 0 aliphatic heterocycles. The minimum absolute atomic E-state index is 0.0637. The Morgan fingerprint density at radius 3 is 2.33 bits per heavy atom. The number of methoxy groups -OCH3 is 2. The summed E-state index contributed by atoms with van der Waals surface area (Å²) < 4.78 is 42.6. The third-order valence-electron chi connectivity index (χ3n) is 2.68. The van der Waals surface area contributed by atoms with E-state index in [0.717, 1.165) is 25.3 Å². The van der Waals surface area contributed by atoms with E-state index < -0.39 is 30.7 Å². The third kappa shape index (κ3) is 5.38. The maximum Gasteiger partial charge on any atom is 0.413 e. The van der Waals surface area contributed by atoms with Crippen molar-refractivity contribution in [2.75, 3.05) is 14.2 Å². The maximum atomic E-state index is 12.2. The highest BCUT2D eigenvalue weighted by Gasteiger charge is 2.22. The Labute approximate surface area is 135 Å². The topological polar surface area (TPSA) is 100 Å². The van der Waals surface area contributed by atoms with E-state index in [1.165, 1.54) is 14.0 Å². The van der Waals surface area contributed by atoms with Crippen LogP contribution >= 0.6 is 0 Å². The highest BCUT2D eigenvalue weighted by Crippen LogP contribution is 2.29. The summed E-state index contributed by atoms with van der Waals surface area (Å²) in [4.78, 5) is 34.4. The molecule has 1 aromatic rings. The molecule has 1 N–H and O–H groups in total. The van der Waals surface area contributed by atoms with E-state index in [1.807, 2.05) is 5.32 Å². The van der Waals surface area contributed by atoms with Crippen molar-refractivity contribution < 1.29 is 42.1 Å². The second-order valence-corrected chi connectivity index (χ2v) is 4.27. The zero-order valence-electron chi connectivity index (χ0n) is 13.0. The predicted octanol–water partition coefficient (Wildman–Crippen LogP) is 1.72. The van der Waals surface area contributed by atoms with E-state index in [1.54, 1.807) is 0 Å². The molecule has 2 amide bonds. The second kappa shape index (κ2) is 8.65. The van der Waals surface area contributed by atoms with E-state index in [4.69, 9.17) is 9.47 Å². The summed E-state index contributed by atoms with van der Waals surface area (Å²) in [7, 11) is 2.27. The fourth-order valence-corrected chi connectivity index (χ4v) is 1.52. The summed E-state index contributed by atoms with van der Waals surface area (Å²) in [6.45, 7) is -1.82. The van der Waals surface area contributed by atoms with Gasteiger partial charge in [0.05, 0.1) is 19.8 Å². The van der Waals surface area contributed by atoms with E-state index >= 15 is 0 Å². The maximum absolute atomic E-state index is 12.2. The van der Waals surface area contributed by atoms with E-state index in [9.17, 15) is 23.2 Å². The van der Waals surface area contributed by atoms with Crippen molar-refractivity contribution in [1.29, 1.82) is 0 Å². The number of esters is 1. The van der Waals surface area contributed by atoms with Crippen molar-refractivity contribution in [3.63, 3.8) is 0 Å². The van der Waals surface area contributed by atoms with Crippen LogP contribution < -0.4 is 14.8 Å². The lowest BCUT2D eigenvalue weighted by molar-refractivity contribution is -0.128. The van der Waals surface area contributed by atoms with Crippen molar-refractivity contribution >= 4 is 18.0 Å². The Morgan fingerprint density at radius 1 is 1.12 bits per heavy atom. The summed E-state index contributed by atoms with van der Waals surface area (Å²) in [5.41, 5.74) is -0.0637. The van der Waals surface area contributed by atoms with Gasteiger partial charge in [-0.1, -0.05) is 0 Å². The van der Waals surface area contributed by atoms with Crippen LogP contribution in [0.2, 0.25) is 0 Å². The molecule has 1 rings (SSSR count). The molecule has 0 heterocycles. The van der Waals surface area contributed by atoms with Crippen LogP contribution in [0.4, 0.5) is 13.6 Å². The van der Waals surface area contributed by atoms with E-state index in [2.05, 4.69) is 9.47 Å². The molecule has 24 heavy (non-hydrogen) atoms. The Morgan fingerprint density at radius 2 is 1.79 bits per heavy atom. The normalized spacial score (nSPS) is 11.4. The second-order valence-electron chi connectivity index (χ2n) is 4.27. The van der Waals surface area contributed by atoms with Gasteiger partial charge in [0, 0.05) is 0 Å². The smallest absolute Gasteiger partial charge is 0.413 e. The van der Waals surface area contributed by atoms with Gasteiger partial charge < -0.3 is 18.9 Å². The number of nitrogens with one attached hydrogen (secondary N) is 1. The third-order valence-corrected chi connectivity index (χ3v) is 2.68. The van der Waals surface area contributed by atoms with Crippen molar-refractivity contribution in [3.05, 3.63) is 23.8 Å². The first-order valence-corrected chi connectivity index (χ1v) is 6.51. The minimum atomic E-state index is -3.06. The number of halogens is 2. The number of hydrogen-bond donors (Lipinski definition) is 1. The minimum Gasteiger partial charge on any atom is -0.493 e. The van der Waals surface area contributed by atoms with Crippen molar-refractivity contribution in [2.24, 2.45) is 0 Å². The fourth-order valence-electron chi connectivity index (χ4n) is 1.52. The monoisotopic (exact) mass is 347 g/mol. The van der Waals surface area contributed by atoms with Crippen molar-refractivity contribution in [1.82, 2.24) is 5.32 Å². The Kier molecular flexibility index (Phi) is 6.90. The van der Waals surface area contributed by atoms with Gasteiger partial charge in [-0.25, -0.2) is 9.59 Å². The lowest BCUT2D eigenvalue weighted by Crippen LogP contribution is -2.39.